The van der Waals surface area contributed by atoms with E-state index in [9.17, 15) is 4.79 Å². The van der Waals surface area contributed by atoms with E-state index in [1.807, 2.05) is 11.8 Å². The number of amides is 1. The largest absolute Gasteiger partial charge is 0.357 e. The fraction of sp³-hybridized carbons (Fsp3) is 0.533. The molecule has 0 saturated carbocycles. The summed E-state index contributed by atoms with van der Waals surface area (Å²) in [6.07, 6.45) is 0.807. The minimum Gasteiger partial charge on any atom is -0.357 e. The Morgan fingerprint density at radius 3 is 2.90 bits per heavy atom. The predicted molar refractivity (Wildman–Crippen MR) is 85.2 cm³/mol. The van der Waals surface area contributed by atoms with Crippen LogP contribution in [0.4, 0.5) is 5.69 Å². The van der Waals surface area contributed by atoms with Gasteiger partial charge >= 0.3 is 0 Å². The molecular weight excluding hydrogens is 270 g/mol. The third kappa shape index (κ3) is 2.94. The number of hydrogen-bond donors (Lipinski definition) is 2. The number of benzene rings is 1. The monoisotopic (exact) mass is 293 g/mol. The summed E-state index contributed by atoms with van der Waals surface area (Å²) in [5.41, 5.74) is 8.25. The molecule has 0 aromatic heterocycles. The van der Waals surface area contributed by atoms with Gasteiger partial charge in [-0.05, 0) is 24.3 Å². The lowest BCUT2D eigenvalue weighted by molar-refractivity contribution is -0.123. The van der Waals surface area contributed by atoms with Gasteiger partial charge in [-0.2, -0.15) is 0 Å². The molecule has 1 aliphatic rings. The number of rotatable bonds is 5. The Balaban J connectivity index is 2.39. The number of nitrogens with zero attached hydrogens (tertiary/aromatic N) is 1. The van der Waals surface area contributed by atoms with Gasteiger partial charge in [0, 0.05) is 35.8 Å². The molecule has 110 valence electrons. The molecule has 0 bridgehead atoms. The molecule has 1 fully saturated rings. The molecule has 1 aliphatic heterocycles. The first-order valence-electron chi connectivity index (χ1n) is 7.22. The van der Waals surface area contributed by atoms with Crippen molar-refractivity contribution in [1.29, 1.82) is 0 Å². The zero-order valence-corrected chi connectivity index (χ0v) is 13.0. The molecule has 1 aromatic carbocycles. The molecule has 1 saturated heterocycles. The maximum absolute atomic E-state index is 12.0. The van der Waals surface area contributed by atoms with E-state index in [2.05, 4.69) is 42.3 Å². The fourth-order valence-corrected chi connectivity index (χ4v) is 3.58. The van der Waals surface area contributed by atoms with Crippen molar-refractivity contribution in [2.24, 2.45) is 5.73 Å². The van der Waals surface area contributed by atoms with E-state index < -0.39 is 0 Å². The molecule has 1 atom stereocenters. The minimum atomic E-state index is -0.0871. The first-order chi connectivity index (χ1) is 9.72. The van der Waals surface area contributed by atoms with Gasteiger partial charge < -0.3 is 16.0 Å². The number of anilines is 1. The van der Waals surface area contributed by atoms with Crippen LogP contribution in [0.3, 0.4) is 0 Å². The Bertz CT molecular complexity index is 478. The van der Waals surface area contributed by atoms with Crippen LogP contribution in [0.2, 0.25) is 0 Å². The highest BCUT2D eigenvalue weighted by atomic mass is 32.2. The van der Waals surface area contributed by atoms with E-state index in [1.54, 1.807) is 0 Å². The zero-order chi connectivity index (χ0) is 14.5. The summed E-state index contributed by atoms with van der Waals surface area (Å²) in [6.45, 7) is 6.24. The highest BCUT2D eigenvalue weighted by molar-refractivity contribution is 7.99. The van der Waals surface area contributed by atoms with Gasteiger partial charge in [-0.1, -0.05) is 19.9 Å². The van der Waals surface area contributed by atoms with Gasteiger partial charge in [-0.15, -0.1) is 11.8 Å². The first kappa shape index (κ1) is 15.2. The smallest absolute Gasteiger partial charge is 0.242 e. The third-order valence-electron chi connectivity index (χ3n) is 3.64. The average Bonchev–Trinajstić information content (AvgIpc) is 2.47. The van der Waals surface area contributed by atoms with Gasteiger partial charge in [0.25, 0.3) is 0 Å². The van der Waals surface area contributed by atoms with Crippen molar-refractivity contribution >= 4 is 23.4 Å². The molecule has 1 unspecified atom stereocenters. The summed E-state index contributed by atoms with van der Waals surface area (Å²) >= 11 is 1.81. The van der Waals surface area contributed by atoms with Crippen molar-refractivity contribution in [3.8, 4) is 0 Å². The summed E-state index contributed by atoms with van der Waals surface area (Å²) < 4.78 is 0. The van der Waals surface area contributed by atoms with E-state index in [4.69, 9.17) is 5.73 Å². The number of carbonyl (C=O) groups is 1. The lowest BCUT2D eigenvalue weighted by atomic mass is 10.1. The molecule has 5 heteroatoms. The lowest BCUT2D eigenvalue weighted by Gasteiger charge is -2.37. The topological polar surface area (TPSA) is 58.4 Å². The molecule has 0 spiro atoms. The molecule has 0 radical (unpaired) electrons. The van der Waals surface area contributed by atoms with E-state index >= 15 is 0 Å². The maximum atomic E-state index is 12.0. The van der Waals surface area contributed by atoms with E-state index in [0.29, 0.717) is 13.1 Å². The van der Waals surface area contributed by atoms with Crippen molar-refractivity contribution in [3.63, 3.8) is 0 Å². The Hall–Kier alpha value is -1.20. The number of piperazine rings is 1. The van der Waals surface area contributed by atoms with Gasteiger partial charge in [-0.3, -0.25) is 4.79 Å². The molecule has 0 aliphatic carbocycles. The summed E-state index contributed by atoms with van der Waals surface area (Å²) in [6, 6.07) is 6.18. The van der Waals surface area contributed by atoms with E-state index in [0.717, 1.165) is 30.0 Å². The maximum Gasteiger partial charge on any atom is 0.242 e. The summed E-state index contributed by atoms with van der Waals surface area (Å²) in [5.74, 6) is 1.14. The Morgan fingerprint density at radius 2 is 2.25 bits per heavy atom. The van der Waals surface area contributed by atoms with Crippen molar-refractivity contribution in [1.82, 2.24) is 5.32 Å². The average molecular weight is 293 g/mol. The van der Waals surface area contributed by atoms with Crippen LogP contribution in [0.15, 0.2) is 23.1 Å². The molecule has 1 amide bonds. The summed E-state index contributed by atoms with van der Waals surface area (Å²) in [4.78, 5) is 15.5. The van der Waals surface area contributed by atoms with Crippen molar-refractivity contribution < 1.29 is 4.79 Å². The second kappa shape index (κ2) is 6.99. The van der Waals surface area contributed by atoms with Gasteiger partial charge in [0.05, 0.1) is 0 Å². The zero-order valence-electron chi connectivity index (χ0n) is 12.2. The quantitative estimate of drug-likeness (QED) is 0.815. The van der Waals surface area contributed by atoms with Crippen LogP contribution in [0.5, 0.6) is 0 Å². The van der Waals surface area contributed by atoms with Crippen LogP contribution in [0.25, 0.3) is 0 Å². The van der Waals surface area contributed by atoms with Crippen LogP contribution in [0, 0.1) is 0 Å². The first-order valence-corrected chi connectivity index (χ1v) is 8.20. The van der Waals surface area contributed by atoms with Gasteiger partial charge in [0.1, 0.15) is 6.04 Å². The molecular formula is C15H23N3OS. The molecule has 1 heterocycles. The lowest BCUT2D eigenvalue weighted by Crippen LogP contribution is -2.55. The van der Waals surface area contributed by atoms with Gasteiger partial charge in [-0.25, -0.2) is 0 Å². The second-order valence-corrected chi connectivity index (χ2v) is 6.11. The van der Waals surface area contributed by atoms with E-state index in [-0.39, 0.29) is 11.9 Å². The Kier molecular flexibility index (Phi) is 5.31. The van der Waals surface area contributed by atoms with Crippen LogP contribution in [-0.2, 0) is 11.3 Å². The Labute approximate surface area is 125 Å². The predicted octanol–water partition coefficient (Wildman–Crippen LogP) is 1.97. The summed E-state index contributed by atoms with van der Waals surface area (Å²) in [7, 11) is 0. The number of nitrogens with two attached hydrogens (primary N) is 1. The highest BCUT2D eigenvalue weighted by Crippen LogP contribution is 2.32. The molecule has 2 rings (SSSR count). The number of carbonyl (C=O) groups excluding carboxylic acids is 1. The standard InChI is InChI=1S/C15H23N3OS/c1-3-12-15(19)17-8-9-18(12)13-6-5-7-14(20-4-2)11(13)10-16/h5-7,12H,3-4,8-10,16H2,1-2H3,(H,17,19). The normalized spacial score (nSPS) is 19.1. The third-order valence-corrected chi connectivity index (χ3v) is 4.62. The summed E-state index contributed by atoms with van der Waals surface area (Å²) in [5, 5.41) is 2.94. The van der Waals surface area contributed by atoms with Crippen LogP contribution in [-0.4, -0.2) is 30.8 Å². The minimum absolute atomic E-state index is 0.0871. The molecule has 4 nitrogen and oxygen atoms in total. The van der Waals surface area contributed by atoms with Crippen LogP contribution < -0.4 is 16.0 Å². The van der Waals surface area contributed by atoms with Crippen molar-refractivity contribution in [3.05, 3.63) is 23.8 Å². The SMILES string of the molecule is CCSc1cccc(N2CCNC(=O)C2CC)c1CN. The number of thioether (sulfide) groups is 1. The molecule has 3 N–H and O–H groups in total. The number of nitrogens with one attached hydrogen (secondary N) is 1. The van der Waals surface area contributed by atoms with Crippen molar-refractivity contribution in [2.75, 3.05) is 23.7 Å². The Morgan fingerprint density at radius 1 is 1.45 bits per heavy atom. The number of hydrogen-bond acceptors (Lipinski definition) is 4. The van der Waals surface area contributed by atoms with Crippen molar-refractivity contribution in [2.45, 2.75) is 37.8 Å². The van der Waals surface area contributed by atoms with Gasteiger partial charge in [0.15, 0.2) is 0 Å². The molecule has 20 heavy (non-hydrogen) atoms. The van der Waals surface area contributed by atoms with Crippen LogP contribution in [0.1, 0.15) is 25.8 Å². The van der Waals surface area contributed by atoms with Gasteiger partial charge in [0.2, 0.25) is 5.91 Å². The second-order valence-electron chi connectivity index (χ2n) is 4.80. The fourth-order valence-electron chi connectivity index (χ4n) is 2.73. The molecule has 1 aromatic rings. The highest BCUT2D eigenvalue weighted by Gasteiger charge is 2.29. The van der Waals surface area contributed by atoms with Crippen LogP contribution >= 0.6 is 11.8 Å². The van der Waals surface area contributed by atoms with E-state index in [1.165, 1.54) is 4.90 Å².